The van der Waals surface area contributed by atoms with E-state index in [9.17, 15) is 19.7 Å². The quantitative estimate of drug-likeness (QED) is 0.409. The smallest absolute Gasteiger partial charge is 0.344 e. The zero-order chi connectivity index (χ0) is 21.8. The third-order valence-corrected chi connectivity index (χ3v) is 3.70. The van der Waals surface area contributed by atoms with E-state index in [1.165, 1.54) is 24.3 Å². The Labute approximate surface area is 168 Å². The molecule has 2 rings (SSSR count). The van der Waals surface area contributed by atoms with Gasteiger partial charge < -0.3 is 19.2 Å². The maximum Gasteiger partial charge on any atom is 0.344 e. The molecule has 0 spiro atoms. The van der Waals surface area contributed by atoms with E-state index in [1.807, 2.05) is 20.8 Å². The topological polar surface area (TPSA) is 121 Å². The van der Waals surface area contributed by atoms with Crippen molar-refractivity contribution in [1.82, 2.24) is 0 Å². The first-order chi connectivity index (χ1) is 13.6. The molecule has 1 heterocycles. The van der Waals surface area contributed by atoms with Gasteiger partial charge in [0.2, 0.25) is 5.88 Å². The molecule has 0 amide bonds. The number of esters is 2. The number of hydrogen-bond acceptors (Lipinski definition) is 8. The van der Waals surface area contributed by atoms with E-state index in [4.69, 9.17) is 13.9 Å². The van der Waals surface area contributed by atoms with Gasteiger partial charge in [-0.3, -0.25) is 10.1 Å². The van der Waals surface area contributed by atoms with Gasteiger partial charge in [0.15, 0.2) is 5.76 Å². The van der Waals surface area contributed by atoms with Crippen LogP contribution in [0.3, 0.4) is 0 Å². The molecule has 0 fully saturated rings. The lowest BCUT2D eigenvalue weighted by Crippen LogP contribution is -2.27. The predicted octanol–water partition coefficient (Wildman–Crippen LogP) is 4.42. The highest BCUT2D eigenvalue weighted by Gasteiger charge is 2.34. The summed E-state index contributed by atoms with van der Waals surface area (Å²) in [5, 5.41) is 14.0. The molecule has 1 aromatic carbocycles. The first-order valence-electron chi connectivity index (χ1n) is 9.13. The normalized spacial score (nSPS) is 11.1. The molecule has 0 saturated heterocycles. The molecule has 0 atom stereocenters. The number of anilines is 1. The summed E-state index contributed by atoms with van der Waals surface area (Å²) in [5.41, 5.74) is -0.389. The Morgan fingerprint density at radius 3 is 2.00 bits per heavy atom. The van der Waals surface area contributed by atoms with Crippen molar-refractivity contribution >= 4 is 23.5 Å². The van der Waals surface area contributed by atoms with Crippen molar-refractivity contribution in [3.8, 4) is 11.3 Å². The minimum absolute atomic E-state index is 0.0624. The number of nitro benzene ring substituents is 1. The third-order valence-electron chi connectivity index (χ3n) is 3.70. The number of carbonyl (C=O) groups is 2. The molecule has 9 heteroatoms. The Kier molecular flexibility index (Phi) is 6.63. The Balaban J connectivity index is 2.73. The van der Waals surface area contributed by atoms with Crippen molar-refractivity contribution in [2.75, 3.05) is 18.5 Å². The SMILES string of the molecule is CCOC(=O)c1c(NC(C)(C)C)oc(-c2ccc([N+](=O)[O-])cc2)c1C(=O)OCC. The lowest BCUT2D eigenvalue weighted by atomic mass is 10.0. The number of nitrogens with one attached hydrogen (secondary N) is 1. The Bertz CT molecular complexity index is 908. The van der Waals surface area contributed by atoms with Crippen LogP contribution in [0.25, 0.3) is 11.3 Å². The molecule has 0 radical (unpaired) electrons. The van der Waals surface area contributed by atoms with Crippen LogP contribution in [0.1, 0.15) is 55.3 Å². The first kappa shape index (κ1) is 21.9. The molecule has 9 nitrogen and oxygen atoms in total. The lowest BCUT2D eigenvalue weighted by molar-refractivity contribution is -0.384. The lowest BCUT2D eigenvalue weighted by Gasteiger charge is -2.20. The Hall–Kier alpha value is -3.36. The molecular formula is C20H24N2O7. The average Bonchev–Trinajstić information content (AvgIpc) is 2.99. The second kappa shape index (κ2) is 8.76. The van der Waals surface area contributed by atoms with Gasteiger partial charge >= 0.3 is 11.9 Å². The number of benzene rings is 1. The van der Waals surface area contributed by atoms with E-state index in [0.29, 0.717) is 5.56 Å². The maximum atomic E-state index is 12.7. The summed E-state index contributed by atoms with van der Waals surface area (Å²) in [6.07, 6.45) is 0. The van der Waals surface area contributed by atoms with Crippen LogP contribution in [0.2, 0.25) is 0 Å². The number of ether oxygens (including phenoxy) is 2. The summed E-state index contributed by atoms with van der Waals surface area (Å²) in [5.74, 6) is -1.37. The first-order valence-corrected chi connectivity index (χ1v) is 9.13. The fourth-order valence-electron chi connectivity index (χ4n) is 2.59. The molecular weight excluding hydrogens is 380 g/mol. The summed E-state index contributed by atoms with van der Waals surface area (Å²) in [6, 6.07) is 5.45. The van der Waals surface area contributed by atoms with Crippen LogP contribution >= 0.6 is 0 Å². The van der Waals surface area contributed by atoms with Gasteiger partial charge in [-0.2, -0.15) is 0 Å². The summed E-state index contributed by atoms with van der Waals surface area (Å²) in [6.45, 7) is 9.07. The van der Waals surface area contributed by atoms with Gasteiger partial charge in [-0.05, 0) is 46.8 Å². The number of rotatable bonds is 7. The monoisotopic (exact) mass is 404 g/mol. The van der Waals surface area contributed by atoms with Crippen LogP contribution in [-0.4, -0.2) is 35.6 Å². The van der Waals surface area contributed by atoms with Gasteiger partial charge in [0.25, 0.3) is 5.69 Å². The van der Waals surface area contributed by atoms with Crippen molar-refractivity contribution in [2.45, 2.75) is 40.2 Å². The third kappa shape index (κ3) is 5.13. The van der Waals surface area contributed by atoms with Crippen LogP contribution in [0, 0.1) is 10.1 Å². The Morgan fingerprint density at radius 1 is 1.03 bits per heavy atom. The van der Waals surface area contributed by atoms with Crippen LogP contribution in [0.4, 0.5) is 11.6 Å². The maximum absolute atomic E-state index is 12.7. The minimum Gasteiger partial charge on any atom is -0.462 e. The second-order valence-corrected chi connectivity index (χ2v) is 7.13. The number of nitrogens with zero attached hydrogens (tertiary/aromatic N) is 1. The van der Waals surface area contributed by atoms with E-state index in [1.54, 1.807) is 13.8 Å². The predicted molar refractivity (Wildman–Crippen MR) is 106 cm³/mol. The molecule has 156 valence electrons. The highest BCUT2D eigenvalue weighted by molar-refractivity contribution is 6.10. The molecule has 0 bridgehead atoms. The molecule has 0 aliphatic carbocycles. The van der Waals surface area contributed by atoms with Crippen molar-refractivity contribution in [1.29, 1.82) is 0 Å². The number of furan rings is 1. The summed E-state index contributed by atoms with van der Waals surface area (Å²) < 4.78 is 16.1. The molecule has 0 unspecified atom stereocenters. The van der Waals surface area contributed by atoms with E-state index < -0.39 is 22.4 Å². The highest BCUT2D eigenvalue weighted by Crippen LogP contribution is 2.37. The van der Waals surface area contributed by atoms with Crippen molar-refractivity contribution in [3.05, 3.63) is 45.5 Å². The average molecular weight is 404 g/mol. The molecule has 1 N–H and O–H groups in total. The number of hydrogen-bond donors (Lipinski definition) is 1. The van der Waals surface area contributed by atoms with Gasteiger partial charge in [-0.25, -0.2) is 9.59 Å². The molecule has 0 saturated carbocycles. The van der Waals surface area contributed by atoms with E-state index >= 15 is 0 Å². The van der Waals surface area contributed by atoms with Crippen molar-refractivity contribution in [3.63, 3.8) is 0 Å². The van der Waals surface area contributed by atoms with E-state index in [-0.39, 0.29) is 41.7 Å². The van der Waals surface area contributed by atoms with Gasteiger partial charge in [0.1, 0.15) is 11.1 Å². The molecule has 0 aliphatic rings. The van der Waals surface area contributed by atoms with Crippen LogP contribution < -0.4 is 5.32 Å². The Morgan fingerprint density at radius 2 is 1.55 bits per heavy atom. The molecule has 2 aromatic rings. The summed E-state index contributed by atoms with van der Waals surface area (Å²) >= 11 is 0. The van der Waals surface area contributed by atoms with E-state index in [0.717, 1.165) is 0 Å². The second-order valence-electron chi connectivity index (χ2n) is 7.13. The number of nitro groups is 1. The van der Waals surface area contributed by atoms with Crippen LogP contribution in [0.5, 0.6) is 0 Å². The molecule has 29 heavy (non-hydrogen) atoms. The van der Waals surface area contributed by atoms with Crippen LogP contribution in [0.15, 0.2) is 28.7 Å². The summed E-state index contributed by atoms with van der Waals surface area (Å²) in [4.78, 5) is 35.7. The van der Waals surface area contributed by atoms with E-state index in [2.05, 4.69) is 5.32 Å². The minimum atomic E-state index is -0.755. The fraction of sp³-hybridized carbons (Fsp3) is 0.400. The fourth-order valence-corrected chi connectivity index (χ4v) is 2.59. The standard InChI is InChI=1S/C20H24N2O7/c1-6-27-18(23)14-15(19(24)28-7-2)17(21-20(3,4)5)29-16(14)12-8-10-13(11-9-12)22(25)26/h8-11,21H,6-7H2,1-5H3. The molecule has 0 aliphatic heterocycles. The zero-order valence-corrected chi connectivity index (χ0v) is 17.0. The molecule has 1 aromatic heterocycles. The zero-order valence-electron chi connectivity index (χ0n) is 17.0. The van der Waals surface area contributed by atoms with Gasteiger partial charge in [0.05, 0.1) is 18.1 Å². The number of non-ortho nitro benzene ring substituents is 1. The van der Waals surface area contributed by atoms with Crippen molar-refractivity contribution < 1.29 is 28.4 Å². The largest absolute Gasteiger partial charge is 0.462 e. The van der Waals surface area contributed by atoms with Gasteiger partial charge in [-0.15, -0.1) is 0 Å². The van der Waals surface area contributed by atoms with Gasteiger partial charge in [-0.1, -0.05) is 0 Å². The highest BCUT2D eigenvalue weighted by atomic mass is 16.6. The number of carbonyl (C=O) groups excluding carboxylic acids is 2. The van der Waals surface area contributed by atoms with Crippen LogP contribution in [-0.2, 0) is 9.47 Å². The van der Waals surface area contributed by atoms with Gasteiger partial charge in [0, 0.05) is 23.2 Å². The summed E-state index contributed by atoms with van der Waals surface area (Å²) in [7, 11) is 0. The van der Waals surface area contributed by atoms with Crippen molar-refractivity contribution in [2.24, 2.45) is 0 Å².